The van der Waals surface area contributed by atoms with E-state index >= 15 is 0 Å². The van der Waals surface area contributed by atoms with Crippen LogP contribution in [0.4, 0.5) is 5.69 Å². The zero-order chi connectivity index (χ0) is 18.7. The molecule has 6 nitrogen and oxygen atoms in total. The summed E-state index contributed by atoms with van der Waals surface area (Å²) in [4.78, 5) is 29.6. The number of nitrogens with zero attached hydrogens (tertiary/aromatic N) is 2. The zero-order valence-electron chi connectivity index (χ0n) is 15.1. The fourth-order valence-corrected chi connectivity index (χ4v) is 2.67. The largest absolute Gasteiger partial charge is 0.348 e. The average molecular weight is 350 g/mol. The molecule has 6 heteroatoms. The SMILES string of the molecule is CCC(C)NC(=O)c1nc(C(=O)Nc2cccc(C)c2)n2ccccc12. The maximum atomic E-state index is 12.7. The van der Waals surface area contributed by atoms with Crippen LogP contribution in [-0.4, -0.2) is 27.2 Å². The van der Waals surface area contributed by atoms with Gasteiger partial charge >= 0.3 is 0 Å². The first-order chi connectivity index (χ1) is 12.5. The van der Waals surface area contributed by atoms with Crippen molar-refractivity contribution in [2.75, 3.05) is 5.32 Å². The Kier molecular flexibility index (Phi) is 5.02. The lowest BCUT2D eigenvalue weighted by atomic mass is 10.2. The number of hydrogen-bond donors (Lipinski definition) is 2. The van der Waals surface area contributed by atoms with Crippen LogP contribution in [0.2, 0.25) is 0 Å². The van der Waals surface area contributed by atoms with Gasteiger partial charge in [-0.3, -0.25) is 14.0 Å². The molecule has 2 heterocycles. The summed E-state index contributed by atoms with van der Waals surface area (Å²) in [6.07, 6.45) is 2.55. The number of rotatable bonds is 5. The van der Waals surface area contributed by atoms with E-state index in [0.717, 1.165) is 12.0 Å². The Morgan fingerprint density at radius 1 is 1.15 bits per heavy atom. The van der Waals surface area contributed by atoms with E-state index in [1.807, 2.05) is 51.1 Å². The number of imidazole rings is 1. The minimum absolute atomic E-state index is 0.0348. The van der Waals surface area contributed by atoms with Gasteiger partial charge in [0.15, 0.2) is 5.69 Å². The summed E-state index contributed by atoms with van der Waals surface area (Å²) >= 11 is 0. The van der Waals surface area contributed by atoms with E-state index in [-0.39, 0.29) is 29.4 Å². The van der Waals surface area contributed by atoms with Crippen molar-refractivity contribution in [3.63, 3.8) is 0 Å². The molecule has 0 aliphatic carbocycles. The molecule has 1 atom stereocenters. The molecule has 0 aliphatic heterocycles. The molecule has 2 aromatic heterocycles. The van der Waals surface area contributed by atoms with Crippen molar-refractivity contribution in [2.45, 2.75) is 33.2 Å². The van der Waals surface area contributed by atoms with Crippen LogP contribution in [0.5, 0.6) is 0 Å². The second-order valence-corrected chi connectivity index (χ2v) is 6.35. The summed E-state index contributed by atoms with van der Waals surface area (Å²) in [5.41, 5.74) is 2.58. The lowest BCUT2D eigenvalue weighted by Crippen LogP contribution is -2.32. The first kappa shape index (κ1) is 17.7. The third-order valence-electron chi connectivity index (χ3n) is 4.23. The molecule has 0 aliphatic rings. The molecule has 0 radical (unpaired) electrons. The molecule has 1 unspecified atom stereocenters. The van der Waals surface area contributed by atoms with E-state index in [4.69, 9.17) is 0 Å². The number of aryl methyl sites for hydroxylation is 1. The van der Waals surface area contributed by atoms with Crippen molar-refractivity contribution in [3.05, 3.63) is 65.7 Å². The van der Waals surface area contributed by atoms with Crippen LogP contribution >= 0.6 is 0 Å². The van der Waals surface area contributed by atoms with Crippen molar-refractivity contribution in [2.24, 2.45) is 0 Å². The van der Waals surface area contributed by atoms with Crippen LogP contribution in [0.3, 0.4) is 0 Å². The molecule has 0 saturated carbocycles. The Balaban J connectivity index is 1.96. The number of anilines is 1. The van der Waals surface area contributed by atoms with E-state index in [2.05, 4.69) is 15.6 Å². The zero-order valence-corrected chi connectivity index (χ0v) is 15.1. The highest BCUT2D eigenvalue weighted by Gasteiger charge is 2.22. The standard InChI is InChI=1S/C20H22N4O2/c1-4-14(3)21-19(25)17-16-10-5-6-11-24(16)18(23-17)20(26)22-15-9-7-8-13(2)12-15/h5-12,14H,4H2,1-3H3,(H,21,25)(H,22,26). The van der Waals surface area contributed by atoms with Crippen molar-refractivity contribution in [3.8, 4) is 0 Å². The Labute approximate surface area is 152 Å². The van der Waals surface area contributed by atoms with Gasteiger partial charge in [0.25, 0.3) is 11.8 Å². The van der Waals surface area contributed by atoms with Gasteiger partial charge in [-0.15, -0.1) is 0 Å². The minimum Gasteiger partial charge on any atom is -0.348 e. The Hall–Kier alpha value is -3.15. The topological polar surface area (TPSA) is 75.5 Å². The Morgan fingerprint density at radius 2 is 1.96 bits per heavy atom. The molecule has 3 aromatic rings. The number of pyridine rings is 1. The van der Waals surface area contributed by atoms with Gasteiger partial charge in [-0.1, -0.05) is 25.1 Å². The van der Waals surface area contributed by atoms with Gasteiger partial charge in [-0.25, -0.2) is 4.98 Å². The van der Waals surface area contributed by atoms with E-state index in [1.54, 1.807) is 22.7 Å². The third-order valence-corrected chi connectivity index (χ3v) is 4.23. The van der Waals surface area contributed by atoms with Gasteiger partial charge < -0.3 is 10.6 Å². The minimum atomic E-state index is -0.362. The number of fused-ring (bicyclic) bond motifs is 1. The normalized spacial score (nSPS) is 12.0. The fourth-order valence-electron chi connectivity index (χ4n) is 2.67. The molecule has 0 bridgehead atoms. The molecule has 2 amide bonds. The van der Waals surface area contributed by atoms with Crippen LogP contribution in [-0.2, 0) is 0 Å². The predicted octanol–water partition coefficient (Wildman–Crippen LogP) is 3.42. The summed E-state index contributed by atoms with van der Waals surface area (Å²) in [5, 5.41) is 5.74. The van der Waals surface area contributed by atoms with E-state index in [1.165, 1.54) is 0 Å². The third kappa shape index (κ3) is 3.59. The average Bonchev–Trinajstić information content (AvgIpc) is 3.01. The van der Waals surface area contributed by atoms with Crippen molar-refractivity contribution >= 4 is 23.0 Å². The summed E-state index contributed by atoms with van der Waals surface area (Å²) in [6.45, 7) is 5.89. The highest BCUT2D eigenvalue weighted by Crippen LogP contribution is 2.16. The monoisotopic (exact) mass is 350 g/mol. The van der Waals surface area contributed by atoms with Crippen LogP contribution in [0, 0.1) is 6.92 Å². The van der Waals surface area contributed by atoms with Gasteiger partial charge in [0.05, 0.1) is 5.52 Å². The molecule has 1 aromatic carbocycles. The van der Waals surface area contributed by atoms with Gasteiger partial charge in [-0.05, 0) is 50.1 Å². The van der Waals surface area contributed by atoms with E-state index in [0.29, 0.717) is 11.2 Å². The van der Waals surface area contributed by atoms with Gasteiger partial charge in [-0.2, -0.15) is 0 Å². The highest BCUT2D eigenvalue weighted by atomic mass is 16.2. The van der Waals surface area contributed by atoms with Crippen LogP contribution < -0.4 is 10.6 Å². The number of aromatic nitrogens is 2. The molecule has 2 N–H and O–H groups in total. The van der Waals surface area contributed by atoms with Crippen molar-refractivity contribution in [1.82, 2.24) is 14.7 Å². The summed E-state index contributed by atoms with van der Waals surface area (Å²) in [6, 6.07) is 13.0. The molecule has 3 rings (SSSR count). The fraction of sp³-hybridized carbons (Fsp3) is 0.250. The van der Waals surface area contributed by atoms with Gasteiger partial charge in [0.2, 0.25) is 5.82 Å². The summed E-state index contributed by atoms with van der Waals surface area (Å²) < 4.78 is 1.64. The predicted molar refractivity (Wildman–Crippen MR) is 102 cm³/mol. The molecule has 134 valence electrons. The van der Waals surface area contributed by atoms with Gasteiger partial charge in [0, 0.05) is 17.9 Å². The summed E-state index contributed by atoms with van der Waals surface area (Å²) in [5.74, 6) is -0.464. The number of carbonyl (C=O) groups is 2. The van der Waals surface area contributed by atoms with Crippen LogP contribution in [0.1, 0.15) is 46.9 Å². The summed E-state index contributed by atoms with van der Waals surface area (Å²) in [7, 11) is 0. The number of benzene rings is 1. The molecular weight excluding hydrogens is 328 g/mol. The number of nitrogens with one attached hydrogen (secondary N) is 2. The number of carbonyl (C=O) groups excluding carboxylic acids is 2. The molecule has 0 spiro atoms. The van der Waals surface area contributed by atoms with Crippen molar-refractivity contribution < 1.29 is 9.59 Å². The van der Waals surface area contributed by atoms with Crippen molar-refractivity contribution in [1.29, 1.82) is 0 Å². The maximum absolute atomic E-state index is 12.7. The van der Waals surface area contributed by atoms with E-state index < -0.39 is 0 Å². The lowest BCUT2D eigenvalue weighted by molar-refractivity contribution is 0.0936. The van der Waals surface area contributed by atoms with Gasteiger partial charge in [0.1, 0.15) is 0 Å². The van der Waals surface area contributed by atoms with Crippen LogP contribution in [0.15, 0.2) is 48.7 Å². The highest BCUT2D eigenvalue weighted by molar-refractivity contribution is 6.06. The Morgan fingerprint density at radius 3 is 2.69 bits per heavy atom. The molecular formula is C20H22N4O2. The lowest BCUT2D eigenvalue weighted by Gasteiger charge is -2.09. The number of amides is 2. The second-order valence-electron chi connectivity index (χ2n) is 6.35. The van der Waals surface area contributed by atoms with Crippen LogP contribution in [0.25, 0.3) is 5.52 Å². The molecule has 26 heavy (non-hydrogen) atoms. The molecule has 0 fully saturated rings. The molecule has 0 saturated heterocycles. The number of hydrogen-bond acceptors (Lipinski definition) is 3. The Bertz CT molecular complexity index is 961. The first-order valence-electron chi connectivity index (χ1n) is 8.65. The van der Waals surface area contributed by atoms with E-state index in [9.17, 15) is 9.59 Å². The quantitative estimate of drug-likeness (QED) is 0.740. The first-order valence-corrected chi connectivity index (χ1v) is 8.65. The smallest absolute Gasteiger partial charge is 0.292 e. The second kappa shape index (κ2) is 7.39. The maximum Gasteiger partial charge on any atom is 0.292 e.